The van der Waals surface area contributed by atoms with Gasteiger partial charge in [-0.1, -0.05) is 23.7 Å². The van der Waals surface area contributed by atoms with Crippen molar-refractivity contribution < 1.29 is 23.1 Å². The van der Waals surface area contributed by atoms with Gasteiger partial charge < -0.3 is 10.4 Å². The van der Waals surface area contributed by atoms with Crippen LogP contribution in [0.15, 0.2) is 47.4 Å². The molecule has 0 aromatic heterocycles. The Labute approximate surface area is 168 Å². The Morgan fingerprint density at radius 3 is 2.25 bits per heavy atom. The number of sulfonamides is 1. The molecule has 0 unspecified atom stereocenters. The molecule has 2 N–H and O–H groups in total. The largest absolute Gasteiger partial charge is 0.478 e. The summed E-state index contributed by atoms with van der Waals surface area (Å²) in [7, 11) is -3.74. The zero-order valence-electron chi connectivity index (χ0n) is 14.9. The van der Waals surface area contributed by atoms with Crippen LogP contribution in [-0.4, -0.2) is 42.8 Å². The van der Waals surface area contributed by atoms with E-state index in [4.69, 9.17) is 16.7 Å². The van der Waals surface area contributed by atoms with E-state index in [2.05, 4.69) is 5.32 Å². The molecule has 2 aromatic rings. The molecule has 1 saturated heterocycles. The van der Waals surface area contributed by atoms with E-state index in [1.165, 1.54) is 34.6 Å². The summed E-state index contributed by atoms with van der Waals surface area (Å²) in [4.78, 5) is 23.2. The van der Waals surface area contributed by atoms with Gasteiger partial charge in [-0.3, -0.25) is 4.79 Å². The summed E-state index contributed by atoms with van der Waals surface area (Å²) in [5, 5.41) is 11.7. The molecule has 3 rings (SSSR count). The quantitative estimate of drug-likeness (QED) is 0.744. The fraction of sp³-hybridized carbons (Fsp3) is 0.263. The number of hydrogen-bond acceptors (Lipinski definition) is 4. The third-order valence-corrected chi connectivity index (χ3v) is 6.91. The maximum atomic E-state index is 12.8. The van der Waals surface area contributed by atoms with Crippen molar-refractivity contribution in [3.05, 3.63) is 64.2 Å². The van der Waals surface area contributed by atoms with Gasteiger partial charge in [0.15, 0.2) is 0 Å². The van der Waals surface area contributed by atoms with Gasteiger partial charge in [-0.15, -0.1) is 0 Å². The Bertz CT molecular complexity index is 999. The second-order valence-electron chi connectivity index (χ2n) is 6.44. The van der Waals surface area contributed by atoms with Gasteiger partial charge in [-0.2, -0.15) is 4.31 Å². The standard InChI is InChI=1S/C19H19ClN2O5S/c20-16-8-7-15(11-17(16)28(26,27)22-9-1-2-10-22)18(23)21-12-13-3-5-14(6-4-13)19(24)25/h3-8,11H,1-2,9-10,12H2,(H,21,23)(H,24,25). The van der Waals surface area contributed by atoms with E-state index in [-0.39, 0.29) is 27.6 Å². The summed E-state index contributed by atoms with van der Waals surface area (Å²) in [6.45, 7) is 1.07. The number of carboxylic acid groups (broad SMARTS) is 1. The number of hydrogen-bond donors (Lipinski definition) is 2. The van der Waals surface area contributed by atoms with Gasteiger partial charge in [0.25, 0.3) is 5.91 Å². The molecule has 1 fully saturated rings. The summed E-state index contributed by atoms with van der Waals surface area (Å²) < 4.78 is 26.9. The lowest BCUT2D eigenvalue weighted by molar-refractivity contribution is 0.0696. The van der Waals surface area contributed by atoms with Gasteiger partial charge in [0.2, 0.25) is 10.0 Å². The van der Waals surface area contributed by atoms with Crippen LogP contribution >= 0.6 is 11.6 Å². The summed E-state index contributed by atoms with van der Waals surface area (Å²) in [6, 6.07) is 10.3. The van der Waals surface area contributed by atoms with Crippen molar-refractivity contribution in [1.82, 2.24) is 9.62 Å². The van der Waals surface area contributed by atoms with Crippen molar-refractivity contribution in [3.8, 4) is 0 Å². The predicted molar refractivity (Wildman–Crippen MR) is 104 cm³/mol. The topological polar surface area (TPSA) is 104 Å². The fourth-order valence-corrected chi connectivity index (χ4v) is 4.98. The number of nitrogens with zero attached hydrogens (tertiary/aromatic N) is 1. The molecule has 1 aliphatic rings. The minimum atomic E-state index is -3.74. The third kappa shape index (κ3) is 4.35. The van der Waals surface area contributed by atoms with Gasteiger partial charge in [-0.25, -0.2) is 13.2 Å². The van der Waals surface area contributed by atoms with Gasteiger partial charge in [-0.05, 0) is 48.7 Å². The van der Waals surface area contributed by atoms with Gasteiger partial charge in [0.1, 0.15) is 4.90 Å². The molecule has 0 spiro atoms. The van der Waals surface area contributed by atoms with Crippen LogP contribution in [-0.2, 0) is 16.6 Å². The minimum Gasteiger partial charge on any atom is -0.478 e. The molecule has 148 valence electrons. The van der Waals surface area contributed by atoms with Crippen LogP contribution in [0.4, 0.5) is 0 Å². The van der Waals surface area contributed by atoms with Gasteiger partial charge in [0.05, 0.1) is 10.6 Å². The van der Waals surface area contributed by atoms with E-state index in [0.29, 0.717) is 13.1 Å². The molecule has 1 heterocycles. The van der Waals surface area contributed by atoms with Crippen molar-refractivity contribution in [2.45, 2.75) is 24.3 Å². The van der Waals surface area contributed by atoms with Crippen molar-refractivity contribution in [2.24, 2.45) is 0 Å². The van der Waals surface area contributed by atoms with Crippen LogP contribution < -0.4 is 5.32 Å². The second kappa shape index (κ2) is 8.30. The molecule has 2 aromatic carbocycles. The molecule has 0 aliphatic carbocycles. The second-order valence-corrected chi connectivity index (χ2v) is 8.75. The molecular formula is C19H19ClN2O5S. The number of carbonyl (C=O) groups excluding carboxylic acids is 1. The maximum Gasteiger partial charge on any atom is 0.335 e. The van der Waals surface area contributed by atoms with E-state index in [0.717, 1.165) is 18.4 Å². The highest BCUT2D eigenvalue weighted by Gasteiger charge is 2.29. The number of amides is 1. The Morgan fingerprint density at radius 1 is 1.04 bits per heavy atom. The Balaban J connectivity index is 1.74. The number of aromatic carboxylic acids is 1. The molecule has 0 radical (unpaired) electrons. The van der Waals surface area contributed by atoms with Crippen LogP contribution in [0.3, 0.4) is 0 Å². The number of halogens is 1. The normalized spacial score (nSPS) is 14.8. The Hall–Kier alpha value is -2.42. The average Bonchev–Trinajstić information content (AvgIpc) is 3.22. The highest BCUT2D eigenvalue weighted by Crippen LogP contribution is 2.28. The molecular weight excluding hydrogens is 404 g/mol. The average molecular weight is 423 g/mol. The zero-order chi connectivity index (χ0) is 20.3. The van der Waals surface area contributed by atoms with Crippen molar-refractivity contribution >= 4 is 33.5 Å². The van der Waals surface area contributed by atoms with E-state index in [9.17, 15) is 18.0 Å². The van der Waals surface area contributed by atoms with E-state index >= 15 is 0 Å². The third-order valence-electron chi connectivity index (χ3n) is 4.53. The SMILES string of the molecule is O=C(O)c1ccc(CNC(=O)c2ccc(Cl)c(S(=O)(=O)N3CCCC3)c2)cc1. The van der Waals surface area contributed by atoms with Crippen LogP contribution in [0.1, 0.15) is 39.1 Å². The monoisotopic (exact) mass is 422 g/mol. The fourth-order valence-electron chi connectivity index (χ4n) is 2.96. The lowest BCUT2D eigenvalue weighted by Gasteiger charge is -2.17. The number of nitrogens with one attached hydrogen (secondary N) is 1. The van der Waals surface area contributed by atoms with Gasteiger partial charge in [0, 0.05) is 25.2 Å². The zero-order valence-corrected chi connectivity index (χ0v) is 16.5. The number of carbonyl (C=O) groups is 2. The van der Waals surface area contributed by atoms with Crippen LogP contribution in [0, 0.1) is 0 Å². The predicted octanol–water partition coefficient (Wildman–Crippen LogP) is 2.75. The Kier molecular flexibility index (Phi) is 6.02. The minimum absolute atomic E-state index is 0.0745. The van der Waals surface area contributed by atoms with Crippen LogP contribution in [0.2, 0.25) is 5.02 Å². The lowest BCUT2D eigenvalue weighted by Crippen LogP contribution is -2.29. The summed E-state index contributed by atoms with van der Waals surface area (Å²) in [5.74, 6) is -1.47. The van der Waals surface area contributed by atoms with E-state index < -0.39 is 21.9 Å². The molecule has 0 bridgehead atoms. The molecule has 1 amide bonds. The highest BCUT2D eigenvalue weighted by molar-refractivity contribution is 7.89. The first-order chi connectivity index (χ1) is 13.3. The number of rotatable bonds is 6. The van der Waals surface area contributed by atoms with E-state index in [1.54, 1.807) is 12.1 Å². The number of benzene rings is 2. The highest BCUT2D eigenvalue weighted by atomic mass is 35.5. The van der Waals surface area contributed by atoms with E-state index in [1.807, 2.05) is 0 Å². The summed E-state index contributed by atoms with van der Waals surface area (Å²) >= 11 is 6.09. The van der Waals surface area contributed by atoms with Gasteiger partial charge >= 0.3 is 5.97 Å². The summed E-state index contributed by atoms with van der Waals surface area (Å²) in [5.41, 5.74) is 1.06. The molecule has 0 atom stereocenters. The lowest BCUT2D eigenvalue weighted by atomic mass is 10.1. The van der Waals surface area contributed by atoms with Crippen molar-refractivity contribution in [3.63, 3.8) is 0 Å². The smallest absolute Gasteiger partial charge is 0.335 e. The summed E-state index contributed by atoms with van der Waals surface area (Å²) in [6.07, 6.45) is 1.61. The first-order valence-electron chi connectivity index (χ1n) is 8.69. The maximum absolute atomic E-state index is 12.8. The number of carboxylic acids is 1. The molecule has 1 aliphatic heterocycles. The first kappa shape index (κ1) is 20.3. The van der Waals surface area contributed by atoms with Crippen molar-refractivity contribution in [2.75, 3.05) is 13.1 Å². The molecule has 0 saturated carbocycles. The Morgan fingerprint density at radius 2 is 1.64 bits per heavy atom. The first-order valence-corrected chi connectivity index (χ1v) is 10.5. The molecule has 28 heavy (non-hydrogen) atoms. The van der Waals surface area contributed by atoms with Crippen molar-refractivity contribution in [1.29, 1.82) is 0 Å². The van der Waals surface area contributed by atoms with Crippen LogP contribution in [0.25, 0.3) is 0 Å². The molecule has 9 heteroatoms. The van der Waals surface area contributed by atoms with Crippen LogP contribution in [0.5, 0.6) is 0 Å². The molecule has 7 nitrogen and oxygen atoms in total.